The van der Waals surface area contributed by atoms with Crippen LogP contribution in [-0.4, -0.2) is 35.5 Å². The fourth-order valence-corrected chi connectivity index (χ4v) is 8.59. The average molecular weight is 427 g/mol. The zero-order valence-corrected chi connectivity index (χ0v) is 19.1. The Morgan fingerprint density at radius 2 is 1.87 bits per heavy atom. The number of esters is 1. The lowest BCUT2D eigenvalue weighted by molar-refractivity contribution is -0.151. The van der Waals surface area contributed by atoms with Crippen LogP contribution in [0.3, 0.4) is 0 Å². The molecule has 1 aliphatic heterocycles. The van der Waals surface area contributed by atoms with Crippen molar-refractivity contribution < 1.29 is 19.7 Å². The second-order valence-corrected chi connectivity index (χ2v) is 11.5. The number of ether oxygens (including phenoxy) is 1. The van der Waals surface area contributed by atoms with Gasteiger partial charge in [0.25, 0.3) is 0 Å². The maximum Gasteiger partial charge on any atom is 0.338 e. The molecule has 170 valence electrons. The summed E-state index contributed by atoms with van der Waals surface area (Å²) in [7, 11) is 0. The molecule has 0 amide bonds. The Morgan fingerprint density at radius 3 is 2.58 bits per heavy atom. The van der Waals surface area contributed by atoms with Gasteiger partial charge in [-0.2, -0.15) is 0 Å². The SMILES string of the molecule is C=C1CC2C3CCC4C(CCC(O)[C@@]4(C)CO)C3CCC2(C)C1/C=C/C1=CCOC1=O. The van der Waals surface area contributed by atoms with Crippen molar-refractivity contribution in [3.63, 3.8) is 0 Å². The molecule has 0 aromatic carbocycles. The van der Waals surface area contributed by atoms with E-state index in [1.807, 2.05) is 12.2 Å². The first-order valence-electron chi connectivity index (χ1n) is 12.3. The summed E-state index contributed by atoms with van der Waals surface area (Å²) in [6.07, 6.45) is 13.5. The smallest absolute Gasteiger partial charge is 0.338 e. The molecule has 4 nitrogen and oxygen atoms in total. The van der Waals surface area contributed by atoms with Crippen molar-refractivity contribution in [1.29, 1.82) is 0 Å². The van der Waals surface area contributed by atoms with Crippen molar-refractivity contribution in [2.45, 2.75) is 64.9 Å². The van der Waals surface area contributed by atoms with Gasteiger partial charge in [0.1, 0.15) is 6.61 Å². The predicted molar refractivity (Wildman–Crippen MR) is 120 cm³/mol. The summed E-state index contributed by atoms with van der Waals surface area (Å²) < 4.78 is 5.05. The first kappa shape index (κ1) is 21.5. The molecule has 31 heavy (non-hydrogen) atoms. The van der Waals surface area contributed by atoms with Gasteiger partial charge in [-0.25, -0.2) is 4.79 Å². The van der Waals surface area contributed by atoms with Gasteiger partial charge in [0.2, 0.25) is 0 Å². The van der Waals surface area contributed by atoms with Crippen molar-refractivity contribution >= 4 is 5.97 Å². The van der Waals surface area contributed by atoms with E-state index >= 15 is 0 Å². The third-order valence-corrected chi connectivity index (χ3v) is 10.4. The van der Waals surface area contributed by atoms with E-state index in [1.165, 1.54) is 24.8 Å². The van der Waals surface area contributed by atoms with Crippen molar-refractivity contribution in [2.75, 3.05) is 13.2 Å². The van der Waals surface area contributed by atoms with Crippen LogP contribution in [0.15, 0.2) is 36.0 Å². The third kappa shape index (κ3) is 3.12. The van der Waals surface area contributed by atoms with Crippen LogP contribution in [0.25, 0.3) is 0 Å². The molecule has 0 aromatic rings. The maximum absolute atomic E-state index is 11.8. The van der Waals surface area contributed by atoms with E-state index < -0.39 is 0 Å². The lowest BCUT2D eigenvalue weighted by atomic mass is 9.46. The van der Waals surface area contributed by atoms with E-state index in [0.717, 1.165) is 25.7 Å². The van der Waals surface area contributed by atoms with Crippen molar-refractivity contribution in [3.8, 4) is 0 Å². The highest BCUT2D eigenvalue weighted by molar-refractivity contribution is 5.93. The lowest BCUT2D eigenvalue weighted by Gasteiger charge is -2.59. The topological polar surface area (TPSA) is 66.8 Å². The fraction of sp³-hybridized carbons (Fsp3) is 0.741. The first-order valence-corrected chi connectivity index (χ1v) is 12.3. The van der Waals surface area contributed by atoms with Gasteiger partial charge < -0.3 is 14.9 Å². The van der Waals surface area contributed by atoms with Crippen molar-refractivity contribution in [2.24, 2.45) is 46.3 Å². The molecule has 4 saturated carbocycles. The predicted octanol–water partition coefficient (Wildman–Crippen LogP) is 4.43. The molecule has 4 fully saturated rings. The molecule has 1 heterocycles. The minimum atomic E-state index is -0.374. The summed E-state index contributed by atoms with van der Waals surface area (Å²) >= 11 is 0. The van der Waals surface area contributed by atoms with E-state index in [1.54, 1.807) is 0 Å². The summed E-state index contributed by atoms with van der Waals surface area (Å²) in [5.41, 5.74) is 1.86. The number of hydrogen-bond donors (Lipinski definition) is 2. The zero-order chi connectivity index (χ0) is 22.0. The number of cyclic esters (lactones) is 1. The monoisotopic (exact) mass is 426 g/mol. The minimum Gasteiger partial charge on any atom is -0.458 e. The Bertz CT molecular complexity index is 827. The highest BCUT2D eigenvalue weighted by atomic mass is 16.5. The van der Waals surface area contributed by atoms with E-state index in [9.17, 15) is 15.0 Å². The number of aliphatic hydroxyl groups is 2. The quantitative estimate of drug-likeness (QED) is 0.518. The molecule has 9 atom stereocenters. The van der Waals surface area contributed by atoms with Crippen LogP contribution in [0.1, 0.15) is 58.8 Å². The van der Waals surface area contributed by atoms with Gasteiger partial charge in [0.05, 0.1) is 18.3 Å². The number of carbonyl (C=O) groups excluding carboxylic acids is 1. The van der Waals surface area contributed by atoms with E-state index in [4.69, 9.17) is 4.74 Å². The van der Waals surface area contributed by atoms with Crippen molar-refractivity contribution in [3.05, 3.63) is 36.0 Å². The summed E-state index contributed by atoms with van der Waals surface area (Å²) in [6, 6.07) is 0. The van der Waals surface area contributed by atoms with Crippen LogP contribution < -0.4 is 0 Å². The third-order valence-electron chi connectivity index (χ3n) is 10.4. The molecule has 2 N–H and O–H groups in total. The number of fused-ring (bicyclic) bond motifs is 5. The molecule has 8 unspecified atom stereocenters. The van der Waals surface area contributed by atoms with Crippen LogP contribution >= 0.6 is 0 Å². The molecule has 0 saturated heterocycles. The van der Waals surface area contributed by atoms with Crippen LogP contribution in [0, 0.1) is 46.3 Å². The molecule has 0 radical (unpaired) electrons. The summed E-state index contributed by atoms with van der Waals surface area (Å²) in [6.45, 7) is 9.53. The number of rotatable bonds is 3. The maximum atomic E-state index is 11.8. The van der Waals surface area contributed by atoms with Gasteiger partial charge in [-0.05, 0) is 86.0 Å². The normalized spacial score (nSPS) is 49.4. The van der Waals surface area contributed by atoms with E-state index in [2.05, 4.69) is 26.5 Å². The number of hydrogen-bond acceptors (Lipinski definition) is 4. The molecule has 4 heteroatoms. The second-order valence-electron chi connectivity index (χ2n) is 11.5. The summed E-state index contributed by atoms with van der Waals surface area (Å²) in [5, 5.41) is 20.8. The molecular weight excluding hydrogens is 388 g/mol. The molecule has 0 aromatic heterocycles. The van der Waals surface area contributed by atoms with Gasteiger partial charge in [0.15, 0.2) is 0 Å². The second kappa shape index (κ2) is 7.59. The van der Waals surface area contributed by atoms with Crippen LogP contribution in [-0.2, 0) is 9.53 Å². The van der Waals surface area contributed by atoms with Gasteiger partial charge in [-0.1, -0.05) is 38.2 Å². The number of carbonyl (C=O) groups is 1. The number of allylic oxidation sites excluding steroid dienone is 2. The Morgan fingerprint density at radius 1 is 1.13 bits per heavy atom. The highest BCUT2D eigenvalue weighted by Crippen LogP contribution is 2.66. The zero-order valence-electron chi connectivity index (χ0n) is 19.1. The summed E-state index contributed by atoms with van der Waals surface area (Å²) in [5.74, 6) is 3.24. The summed E-state index contributed by atoms with van der Waals surface area (Å²) in [4.78, 5) is 11.8. The Balaban J connectivity index is 1.38. The minimum absolute atomic E-state index is 0.0931. The van der Waals surface area contributed by atoms with Gasteiger partial charge in [-0.3, -0.25) is 0 Å². The van der Waals surface area contributed by atoms with Crippen LogP contribution in [0.5, 0.6) is 0 Å². The van der Waals surface area contributed by atoms with Crippen LogP contribution in [0.4, 0.5) is 0 Å². The molecule has 0 spiro atoms. The van der Waals surface area contributed by atoms with E-state index in [0.29, 0.717) is 47.7 Å². The van der Waals surface area contributed by atoms with Gasteiger partial charge >= 0.3 is 5.97 Å². The van der Waals surface area contributed by atoms with Gasteiger partial charge in [-0.15, -0.1) is 0 Å². The van der Waals surface area contributed by atoms with E-state index in [-0.39, 0.29) is 29.5 Å². The standard InChI is InChI=1S/C27H38O4/c1-16-14-23-20-5-8-22-19(6-9-24(29)27(22,3)15-28)18(20)10-12-26(23,2)21(16)7-4-17-11-13-31-25(17)30/h4,7,11,18-24,28-29H,1,5-6,8-10,12-15H2,2-3H3/b7-4+/t18?,19?,20?,21?,22?,23?,24?,26?,27-/m0/s1. The van der Waals surface area contributed by atoms with Gasteiger partial charge in [0, 0.05) is 11.3 Å². The Hall–Kier alpha value is -1.39. The average Bonchev–Trinajstić information content (AvgIpc) is 3.28. The van der Waals surface area contributed by atoms with Crippen molar-refractivity contribution in [1.82, 2.24) is 0 Å². The Kier molecular flexibility index (Phi) is 5.25. The lowest BCUT2D eigenvalue weighted by Crippen LogP contribution is -2.56. The largest absolute Gasteiger partial charge is 0.458 e. The molecule has 0 bridgehead atoms. The fourth-order valence-electron chi connectivity index (χ4n) is 8.59. The Labute approximate surface area is 186 Å². The molecular formula is C27H38O4. The molecule has 5 aliphatic rings. The first-order chi connectivity index (χ1) is 14.8. The van der Waals surface area contributed by atoms with Crippen LogP contribution in [0.2, 0.25) is 0 Å². The highest BCUT2D eigenvalue weighted by Gasteiger charge is 2.60. The number of aliphatic hydroxyl groups excluding tert-OH is 2. The molecule has 4 aliphatic carbocycles. The molecule has 5 rings (SSSR count).